The largest absolute Gasteiger partial charge is 0.396 e. The van der Waals surface area contributed by atoms with Gasteiger partial charge in [0.2, 0.25) is 6.17 Å². The molecule has 0 aromatic heterocycles. The molecule has 1 N–H and O–H groups in total. The molecule has 0 aromatic carbocycles. The summed E-state index contributed by atoms with van der Waals surface area (Å²) in [5, 5.41) is 8.45. The van der Waals surface area contributed by atoms with E-state index in [9.17, 15) is 0 Å². The van der Waals surface area contributed by atoms with Crippen molar-refractivity contribution in [1.82, 2.24) is 0 Å². The quantitative estimate of drug-likeness (QED) is 0.454. The Bertz CT molecular complexity index is 131. The lowest BCUT2D eigenvalue weighted by Gasteiger charge is -1.93. The highest BCUT2D eigenvalue weighted by atomic mass is 16.2. The van der Waals surface area contributed by atoms with Crippen LogP contribution < -0.4 is 0 Å². The molecule has 3 nitrogen and oxygen atoms in total. The smallest absolute Gasteiger partial charge is 0.240 e. The third-order valence-corrected chi connectivity index (χ3v) is 1.32. The first-order valence-corrected chi connectivity index (χ1v) is 3.47. The van der Waals surface area contributed by atoms with Crippen LogP contribution in [0.1, 0.15) is 19.3 Å². The van der Waals surface area contributed by atoms with E-state index in [1.807, 2.05) is 0 Å². The minimum absolute atomic E-state index is 0.265. The number of rotatable bonds is 4. The average Bonchev–Trinajstić information content (AvgIpc) is 2.41. The van der Waals surface area contributed by atoms with Crippen LogP contribution in [-0.4, -0.2) is 24.1 Å². The van der Waals surface area contributed by atoms with Gasteiger partial charge in [-0.3, -0.25) is 0 Å². The summed E-state index contributed by atoms with van der Waals surface area (Å²) in [6, 6.07) is 0. The van der Waals surface area contributed by atoms with Gasteiger partial charge in [-0.15, -0.1) is 0 Å². The molecule has 0 atom stereocenters. The number of hydrogen-bond acceptors (Lipinski definition) is 3. The van der Waals surface area contributed by atoms with E-state index in [1.54, 1.807) is 12.4 Å². The maximum absolute atomic E-state index is 8.45. The summed E-state index contributed by atoms with van der Waals surface area (Å²) in [7, 11) is 0. The molecule has 0 aliphatic carbocycles. The molecule has 1 heterocycles. The van der Waals surface area contributed by atoms with Crippen molar-refractivity contribution in [2.45, 2.75) is 19.3 Å². The second kappa shape index (κ2) is 4.06. The summed E-state index contributed by atoms with van der Waals surface area (Å²) in [6.45, 7) is 0.265. The van der Waals surface area contributed by atoms with E-state index >= 15 is 0 Å². The fraction of sp³-hybridized carbons (Fsp3) is 0.571. The molecule has 0 spiro atoms. The number of hydrogen-bond donors (Lipinski definition) is 1. The molecule has 10 heavy (non-hydrogen) atoms. The van der Waals surface area contributed by atoms with Gasteiger partial charge in [0.15, 0.2) is 12.4 Å². The minimum atomic E-state index is 0.265. The van der Waals surface area contributed by atoms with Crippen LogP contribution in [0, 0.1) is 6.17 Å². The summed E-state index contributed by atoms with van der Waals surface area (Å²) in [4.78, 5) is 7.99. The van der Waals surface area contributed by atoms with Crippen LogP contribution in [0.5, 0.6) is 0 Å². The number of aliphatic imine (C=N–C) groups is 2. The maximum atomic E-state index is 8.45. The molecule has 1 rings (SSSR count). The Morgan fingerprint density at radius 2 is 1.90 bits per heavy atom. The molecule has 0 amide bonds. The Morgan fingerprint density at radius 1 is 1.20 bits per heavy atom. The Labute approximate surface area is 60.5 Å². The standard InChI is InChI=1S/C7H11N2O/c10-6-2-1-3-7-8-4-5-9-7/h4-5,10H,1-3,6H2/q+1. The summed E-state index contributed by atoms with van der Waals surface area (Å²) in [5.41, 5.74) is 0. The lowest BCUT2D eigenvalue weighted by molar-refractivity contribution is 0.283. The Morgan fingerprint density at radius 3 is 2.50 bits per heavy atom. The number of aliphatic hydroxyl groups is 1. The normalized spacial score (nSPS) is 15.1. The first-order valence-electron chi connectivity index (χ1n) is 3.47. The van der Waals surface area contributed by atoms with Crippen molar-refractivity contribution in [1.29, 1.82) is 0 Å². The Hall–Kier alpha value is -0.830. The van der Waals surface area contributed by atoms with Gasteiger partial charge in [0.25, 0.3) is 0 Å². The summed E-state index contributed by atoms with van der Waals surface area (Å²) in [5.74, 6) is 0. The second-order valence-corrected chi connectivity index (χ2v) is 2.15. The van der Waals surface area contributed by atoms with Gasteiger partial charge in [0.05, 0.1) is 6.42 Å². The van der Waals surface area contributed by atoms with Gasteiger partial charge in [-0.05, 0) is 12.8 Å². The fourth-order valence-electron chi connectivity index (χ4n) is 0.796. The first kappa shape index (κ1) is 7.28. The van der Waals surface area contributed by atoms with Gasteiger partial charge in [0, 0.05) is 6.61 Å². The lowest BCUT2D eigenvalue weighted by Crippen LogP contribution is -1.88. The molecule has 3 heteroatoms. The van der Waals surface area contributed by atoms with E-state index < -0.39 is 0 Å². The van der Waals surface area contributed by atoms with Crippen LogP contribution in [0.15, 0.2) is 9.98 Å². The van der Waals surface area contributed by atoms with Crippen molar-refractivity contribution in [3.63, 3.8) is 0 Å². The topological polar surface area (TPSA) is 45.0 Å². The second-order valence-electron chi connectivity index (χ2n) is 2.15. The Kier molecular flexibility index (Phi) is 2.96. The highest BCUT2D eigenvalue weighted by Crippen LogP contribution is 2.14. The number of nitrogens with zero attached hydrogens (tertiary/aromatic N) is 2. The van der Waals surface area contributed by atoms with Gasteiger partial charge in [0.1, 0.15) is 0 Å². The molecule has 0 unspecified atom stereocenters. The van der Waals surface area contributed by atoms with Crippen molar-refractivity contribution in [2.75, 3.05) is 6.61 Å². The highest BCUT2D eigenvalue weighted by molar-refractivity contribution is 6.18. The zero-order valence-electron chi connectivity index (χ0n) is 5.82. The third kappa shape index (κ3) is 2.19. The van der Waals surface area contributed by atoms with E-state index in [0.717, 1.165) is 25.4 Å². The predicted molar refractivity (Wildman–Crippen MR) is 41.2 cm³/mol. The van der Waals surface area contributed by atoms with E-state index in [0.29, 0.717) is 0 Å². The van der Waals surface area contributed by atoms with Crippen molar-refractivity contribution >= 4 is 12.4 Å². The predicted octanol–water partition coefficient (Wildman–Crippen LogP) is 0.794. The SMILES string of the molecule is OCCCC[C+]1N=CC=N1. The Balaban J connectivity index is 2.03. The molecular weight excluding hydrogens is 128 g/mol. The van der Waals surface area contributed by atoms with Gasteiger partial charge >= 0.3 is 0 Å². The molecule has 0 fully saturated rings. The van der Waals surface area contributed by atoms with Crippen molar-refractivity contribution in [3.05, 3.63) is 6.17 Å². The van der Waals surface area contributed by atoms with Crippen molar-refractivity contribution in [2.24, 2.45) is 9.98 Å². The summed E-state index contributed by atoms with van der Waals surface area (Å²) < 4.78 is 0. The maximum Gasteiger partial charge on any atom is 0.240 e. The van der Waals surface area contributed by atoms with Crippen LogP contribution >= 0.6 is 0 Å². The molecule has 1 aliphatic rings. The monoisotopic (exact) mass is 139 g/mol. The van der Waals surface area contributed by atoms with Gasteiger partial charge in [-0.2, -0.15) is 0 Å². The highest BCUT2D eigenvalue weighted by Gasteiger charge is 2.13. The zero-order valence-corrected chi connectivity index (χ0v) is 5.82. The molecule has 0 aromatic rings. The van der Waals surface area contributed by atoms with E-state index in [4.69, 9.17) is 5.11 Å². The molecule has 54 valence electrons. The lowest BCUT2D eigenvalue weighted by atomic mass is 10.2. The average molecular weight is 139 g/mol. The minimum Gasteiger partial charge on any atom is -0.396 e. The summed E-state index contributed by atoms with van der Waals surface area (Å²) >= 11 is 0. The molecule has 0 saturated heterocycles. The number of unbranched alkanes of at least 4 members (excludes halogenated alkanes) is 1. The van der Waals surface area contributed by atoms with Gasteiger partial charge in [-0.25, -0.2) is 0 Å². The van der Waals surface area contributed by atoms with E-state index in [2.05, 4.69) is 9.98 Å². The van der Waals surface area contributed by atoms with Gasteiger partial charge in [-0.1, -0.05) is 9.98 Å². The molecule has 0 bridgehead atoms. The molecule has 0 saturated carbocycles. The van der Waals surface area contributed by atoms with Crippen LogP contribution in [0.3, 0.4) is 0 Å². The number of aliphatic hydroxyl groups excluding tert-OH is 1. The molecule has 1 aliphatic heterocycles. The third-order valence-electron chi connectivity index (χ3n) is 1.32. The molecular formula is C7H11N2O+. The van der Waals surface area contributed by atoms with E-state index in [1.165, 1.54) is 0 Å². The van der Waals surface area contributed by atoms with Crippen LogP contribution in [-0.2, 0) is 0 Å². The zero-order chi connectivity index (χ0) is 7.23. The van der Waals surface area contributed by atoms with E-state index in [-0.39, 0.29) is 6.61 Å². The van der Waals surface area contributed by atoms with Crippen LogP contribution in [0.4, 0.5) is 0 Å². The summed E-state index contributed by atoms with van der Waals surface area (Å²) in [6.07, 6.45) is 6.96. The fourth-order valence-corrected chi connectivity index (χ4v) is 0.796. The molecule has 0 radical (unpaired) electrons. The van der Waals surface area contributed by atoms with Crippen LogP contribution in [0.25, 0.3) is 0 Å². The van der Waals surface area contributed by atoms with Crippen molar-refractivity contribution < 1.29 is 5.11 Å². The van der Waals surface area contributed by atoms with Crippen molar-refractivity contribution in [3.8, 4) is 0 Å². The first-order chi connectivity index (χ1) is 4.93. The van der Waals surface area contributed by atoms with Crippen LogP contribution in [0.2, 0.25) is 0 Å². The van der Waals surface area contributed by atoms with Gasteiger partial charge < -0.3 is 5.11 Å².